The van der Waals surface area contributed by atoms with Gasteiger partial charge in [0.25, 0.3) is 0 Å². The number of aryl methyl sites for hydroxylation is 1. The Morgan fingerprint density at radius 3 is 2.48 bits per heavy atom. The van der Waals surface area contributed by atoms with Gasteiger partial charge >= 0.3 is 5.97 Å². The molecule has 1 aromatic rings. The van der Waals surface area contributed by atoms with Crippen LogP contribution in [0.25, 0.3) is 0 Å². The van der Waals surface area contributed by atoms with Crippen molar-refractivity contribution in [1.29, 1.82) is 5.26 Å². The number of hydrogen-bond acceptors (Lipinski definition) is 4. The number of benzene rings is 1. The maximum absolute atomic E-state index is 12.4. The van der Waals surface area contributed by atoms with Crippen molar-refractivity contribution in [2.75, 3.05) is 5.75 Å². The number of carboxylic acids is 1. The van der Waals surface area contributed by atoms with Gasteiger partial charge in [-0.25, -0.2) is 13.2 Å². The summed E-state index contributed by atoms with van der Waals surface area (Å²) in [6.45, 7) is 5.17. The first kappa shape index (κ1) is 17.2. The summed E-state index contributed by atoms with van der Waals surface area (Å²) in [5.41, 5.74) is -0.191. The Balaban J connectivity index is 3.21. The van der Waals surface area contributed by atoms with Crippen molar-refractivity contribution in [1.82, 2.24) is 0 Å². The molecular formula is C15H19NO4S. The molecule has 0 bridgehead atoms. The fraction of sp³-hybridized carbons (Fsp3) is 0.467. The Morgan fingerprint density at radius 1 is 1.38 bits per heavy atom. The number of aromatic carboxylic acids is 1. The summed E-state index contributed by atoms with van der Waals surface area (Å²) in [5, 5.41) is 18.0. The van der Waals surface area contributed by atoms with Crippen LogP contribution in [0.1, 0.15) is 43.1 Å². The summed E-state index contributed by atoms with van der Waals surface area (Å²) in [6, 6.07) is 6.20. The van der Waals surface area contributed by atoms with E-state index in [0.717, 1.165) is 0 Å². The van der Waals surface area contributed by atoms with Gasteiger partial charge in [0, 0.05) is 0 Å². The smallest absolute Gasteiger partial charge is 0.335 e. The lowest BCUT2D eigenvalue weighted by Gasteiger charge is -2.16. The summed E-state index contributed by atoms with van der Waals surface area (Å²) in [5.74, 6) is -1.34. The second-order valence-corrected chi connectivity index (χ2v) is 7.62. The normalized spacial score (nSPS) is 11.9. The van der Waals surface area contributed by atoms with Gasteiger partial charge in [0.1, 0.15) is 0 Å². The molecule has 0 atom stereocenters. The second-order valence-electron chi connectivity index (χ2n) is 5.55. The number of sulfone groups is 1. The lowest BCUT2D eigenvalue weighted by Crippen LogP contribution is -2.17. The van der Waals surface area contributed by atoms with Crippen molar-refractivity contribution in [3.05, 3.63) is 29.3 Å². The van der Waals surface area contributed by atoms with Crippen LogP contribution >= 0.6 is 0 Å². The zero-order chi connectivity index (χ0) is 16.3. The van der Waals surface area contributed by atoms with Crippen LogP contribution in [0.2, 0.25) is 0 Å². The third-order valence-corrected chi connectivity index (χ3v) is 5.12. The monoisotopic (exact) mass is 309 g/mol. The summed E-state index contributed by atoms with van der Waals surface area (Å²) < 4.78 is 24.9. The molecule has 0 saturated heterocycles. The van der Waals surface area contributed by atoms with Crippen molar-refractivity contribution in [2.45, 2.75) is 38.5 Å². The molecule has 0 saturated carbocycles. The van der Waals surface area contributed by atoms with Gasteiger partial charge in [-0.1, -0.05) is 13.0 Å². The van der Waals surface area contributed by atoms with E-state index in [0.29, 0.717) is 12.0 Å². The molecule has 0 fully saturated rings. The van der Waals surface area contributed by atoms with Gasteiger partial charge in [-0.05, 0) is 44.4 Å². The van der Waals surface area contributed by atoms with Crippen molar-refractivity contribution >= 4 is 15.8 Å². The van der Waals surface area contributed by atoms with E-state index in [2.05, 4.69) is 6.07 Å². The maximum atomic E-state index is 12.4. The number of carboxylic acid groups (broad SMARTS) is 1. The quantitative estimate of drug-likeness (QED) is 0.871. The SMILES string of the molecule is CCc1ccc(C(=O)O)cc1S(=O)(=O)CCC(C)(C)C#N. The predicted molar refractivity (Wildman–Crippen MR) is 78.8 cm³/mol. The lowest BCUT2D eigenvalue weighted by molar-refractivity contribution is 0.0696. The molecule has 114 valence electrons. The fourth-order valence-electron chi connectivity index (χ4n) is 1.82. The number of carbonyl (C=O) groups is 1. The summed E-state index contributed by atoms with van der Waals surface area (Å²) >= 11 is 0. The largest absolute Gasteiger partial charge is 0.478 e. The zero-order valence-corrected chi connectivity index (χ0v) is 13.2. The standard InChI is InChI=1S/C15H19NO4S/c1-4-11-5-6-12(14(17)18)9-13(11)21(19,20)8-7-15(2,3)10-16/h5-6,9H,4,7-8H2,1-3H3,(H,17,18). The molecule has 0 spiro atoms. The van der Waals surface area contributed by atoms with Crippen LogP contribution in [0, 0.1) is 16.7 Å². The van der Waals surface area contributed by atoms with E-state index in [4.69, 9.17) is 10.4 Å². The minimum absolute atomic E-state index is 0.0506. The molecule has 0 aliphatic rings. The molecule has 1 aromatic carbocycles. The minimum atomic E-state index is -3.62. The molecule has 1 N–H and O–H groups in total. The molecule has 0 aliphatic carbocycles. The Kier molecular flexibility index (Phi) is 5.13. The molecule has 5 nitrogen and oxygen atoms in total. The number of hydrogen-bond donors (Lipinski definition) is 1. The van der Waals surface area contributed by atoms with Gasteiger partial charge in [0.05, 0.1) is 27.7 Å². The highest BCUT2D eigenvalue weighted by Crippen LogP contribution is 2.25. The van der Waals surface area contributed by atoms with Crippen LogP contribution in [-0.2, 0) is 16.3 Å². The molecule has 0 unspecified atom stereocenters. The number of rotatable bonds is 6. The van der Waals surface area contributed by atoms with E-state index in [1.54, 1.807) is 13.8 Å². The van der Waals surface area contributed by atoms with E-state index in [9.17, 15) is 13.2 Å². The Bertz CT molecular complexity index is 684. The summed E-state index contributed by atoms with van der Waals surface area (Å²) in [4.78, 5) is 11.1. The zero-order valence-electron chi connectivity index (χ0n) is 12.4. The van der Waals surface area contributed by atoms with Gasteiger partial charge in [-0.15, -0.1) is 0 Å². The van der Waals surface area contributed by atoms with Gasteiger partial charge in [-0.3, -0.25) is 0 Å². The molecule has 1 rings (SSSR count). The molecular weight excluding hydrogens is 290 g/mol. The minimum Gasteiger partial charge on any atom is -0.478 e. The van der Waals surface area contributed by atoms with Gasteiger partial charge in [-0.2, -0.15) is 5.26 Å². The highest BCUT2D eigenvalue weighted by atomic mass is 32.2. The van der Waals surface area contributed by atoms with Gasteiger partial charge < -0.3 is 5.11 Å². The first-order chi connectivity index (χ1) is 9.63. The van der Waals surface area contributed by atoms with Crippen molar-refractivity contribution in [2.24, 2.45) is 5.41 Å². The second kappa shape index (κ2) is 6.27. The molecule has 21 heavy (non-hydrogen) atoms. The summed E-state index contributed by atoms with van der Waals surface area (Å²) in [7, 11) is -3.62. The third-order valence-electron chi connectivity index (χ3n) is 3.33. The van der Waals surface area contributed by atoms with Crippen LogP contribution in [0.15, 0.2) is 23.1 Å². The Labute approximate surface area is 125 Å². The predicted octanol–water partition coefficient (Wildman–Crippen LogP) is 2.66. The molecule has 0 heterocycles. The third kappa shape index (κ3) is 4.30. The topological polar surface area (TPSA) is 95.2 Å². The maximum Gasteiger partial charge on any atom is 0.335 e. The number of nitriles is 1. The first-order valence-electron chi connectivity index (χ1n) is 6.63. The van der Waals surface area contributed by atoms with Crippen molar-refractivity contribution in [3.8, 4) is 6.07 Å². The van der Waals surface area contributed by atoms with Crippen LogP contribution in [0.3, 0.4) is 0 Å². The van der Waals surface area contributed by atoms with E-state index >= 15 is 0 Å². The van der Waals surface area contributed by atoms with Crippen LogP contribution in [0.5, 0.6) is 0 Å². The van der Waals surface area contributed by atoms with Crippen molar-refractivity contribution < 1.29 is 18.3 Å². The van der Waals surface area contributed by atoms with Crippen LogP contribution in [-0.4, -0.2) is 25.2 Å². The molecule has 6 heteroatoms. The van der Waals surface area contributed by atoms with Crippen LogP contribution in [0.4, 0.5) is 0 Å². The average molecular weight is 309 g/mol. The lowest BCUT2D eigenvalue weighted by atomic mass is 9.93. The van der Waals surface area contributed by atoms with Gasteiger partial charge in [0.2, 0.25) is 0 Å². The van der Waals surface area contributed by atoms with E-state index in [1.807, 2.05) is 6.92 Å². The van der Waals surface area contributed by atoms with Crippen molar-refractivity contribution in [3.63, 3.8) is 0 Å². The molecule has 0 radical (unpaired) electrons. The Morgan fingerprint density at radius 2 is 2.00 bits per heavy atom. The van der Waals surface area contributed by atoms with E-state index in [-0.39, 0.29) is 22.6 Å². The molecule has 0 amide bonds. The first-order valence-corrected chi connectivity index (χ1v) is 8.28. The fourth-order valence-corrected chi connectivity index (χ4v) is 3.74. The summed E-state index contributed by atoms with van der Waals surface area (Å²) in [6.07, 6.45) is 0.697. The Hall–Kier alpha value is -1.87. The van der Waals surface area contributed by atoms with Gasteiger partial charge in [0.15, 0.2) is 9.84 Å². The van der Waals surface area contributed by atoms with E-state index in [1.165, 1.54) is 18.2 Å². The molecule has 0 aromatic heterocycles. The average Bonchev–Trinajstić information content (AvgIpc) is 2.44. The highest BCUT2D eigenvalue weighted by molar-refractivity contribution is 7.91. The molecule has 0 aliphatic heterocycles. The highest BCUT2D eigenvalue weighted by Gasteiger charge is 2.25. The number of nitrogens with zero attached hydrogens (tertiary/aromatic N) is 1. The van der Waals surface area contributed by atoms with E-state index < -0.39 is 21.2 Å². The van der Waals surface area contributed by atoms with Crippen LogP contribution < -0.4 is 0 Å².